The smallest absolute Gasteiger partial charge is 0.106 e. The van der Waals surface area contributed by atoms with E-state index in [0.29, 0.717) is 6.16 Å². The lowest BCUT2D eigenvalue weighted by atomic mass is 10.4. The molecule has 0 aliphatic heterocycles. The molecule has 0 N–H and O–H groups in total. The first kappa shape index (κ1) is 15.2. The molecule has 0 bridgehead atoms. The van der Waals surface area contributed by atoms with Crippen LogP contribution in [0, 0.1) is 0 Å². The van der Waals surface area contributed by atoms with Crippen LogP contribution in [0.3, 0.4) is 0 Å². The molecule has 0 radical (unpaired) electrons. The van der Waals surface area contributed by atoms with E-state index in [4.69, 9.17) is 45.7 Å². The zero-order valence-electron chi connectivity index (χ0n) is 7.21. The summed E-state index contributed by atoms with van der Waals surface area (Å²) >= 11 is 21.2. The molecule has 0 amide bonds. The highest BCUT2D eigenvalue weighted by molar-refractivity contribution is 8.04. The molecule has 14 heavy (non-hydrogen) atoms. The second-order valence-electron chi connectivity index (χ2n) is 2.29. The average Bonchev–Trinajstić information content (AvgIpc) is 2.03. The van der Waals surface area contributed by atoms with Crippen LogP contribution in [-0.2, 0) is 0 Å². The number of rotatable bonds is 2. The van der Waals surface area contributed by atoms with Crippen molar-refractivity contribution in [2.24, 2.45) is 0 Å². The van der Waals surface area contributed by atoms with Crippen LogP contribution in [-0.4, -0.2) is 11.0 Å². The Hall–Kier alpha value is 1.24. The lowest BCUT2D eigenvalue weighted by Crippen LogP contribution is -1.86. The zero-order valence-corrected chi connectivity index (χ0v) is 12.3. The minimum atomic E-state index is -0.959. The summed E-state index contributed by atoms with van der Waals surface area (Å²) in [4.78, 5) is -0.416. The van der Waals surface area contributed by atoms with Gasteiger partial charge in [0.25, 0.3) is 0 Å². The molecule has 80 valence electrons. The van der Waals surface area contributed by atoms with Crippen LogP contribution >= 0.6 is 61.6 Å². The van der Waals surface area contributed by atoms with Gasteiger partial charge in [-0.3, -0.25) is 0 Å². The maximum atomic E-state index is 5.33. The molecule has 0 nitrogen and oxygen atoms in total. The van der Waals surface area contributed by atoms with Crippen LogP contribution in [0.4, 0.5) is 0 Å². The largest absolute Gasteiger partial charge is 0.113 e. The Balaban J connectivity index is 0.000000241. The van der Waals surface area contributed by atoms with Crippen LogP contribution in [0.5, 0.6) is 0 Å². The van der Waals surface area contributed by atoms with Gasteiger partial charge in [-0.2, -0.15) is 0 Å². The molecule has 0 aromatic heterocycles. The summed E-state index contributed by atoms with van der Waals surface area (Å²) in [6.07, 6.45) is 0.488. The first-order chi connectivity index (χ1) is 6.52. The van der Waals surface area contributed by atoms with Gasteiger partial charge < -0.3 is 0 Å². The van der Waals surface area contributed by atoms with Crippen molar-refractivity contribution in [1.29, 1.82) is 0 Å². The van der Waals surface area contributed by atoms with Crippen LogP contribution in [0.25, 0.3) is 0 Å². The summed E-state index contributed by atoms with van der Waals surface area (Å²) in [6.45, 7) is -0.959. The van der Waals surface area contributed by atoms with Crippen molar-refractivity contribution in [3.05, 3.63) is 30.3 Å². The van der Waals surface area contributed by atoms with Crippen LogP contribution < -0.4 is 5.30 Å². The minimum absolute atomic E-state index is 0.416. The van der Waals surface area contributed by atoms with Gasteiger partial charge in [-0.1, -0.05) is 52.8 Å². The van der Waals surface area contributed by atoms with Crippen molar-refractivity contribution in [2.45, 2.75) is 4.84 Å². The maximum absolute atomic E-state index is 5.33. The first-order valence-electron chi connectivity index (χ1n) is 3.70. The lowest BCUT2D eigenvalue weighted by Gasteiger charge is -1.97. The van der Waals surface area contributed by atoms with Gasteiger partial charge in [0.15, 0.2) is 0 Å². The van der Waals surface area contributed by atoms with Gasteiger partial charge >= 0.3 is 0 Å². The summed E-state index contributed by atoms with van der Waals surface area (Å²) in [5, 5.41) is 1.24. The van der Waals surface area contributed by atoms with Gasteiger partial charge in [0, 0.05) is 6.16 Å². The van der Waals surface area contributed by atoms with Crippen molar-refractivity contribution < 1.29 is 0 Å². The molecule has 6 heteroatoms. The van der Waals surface area contributed by atoms with E-state index in [0.717, 1.165) is 0 Å². The third-order valence-corrected chi connectivity index (χ3v) is 3.67. The predicted molar refractivity (Wildman–Crippen MR) is 74.8 cm³/mol. The highest BCUT2D eigenvalue weighted by atomic mass is 35.9. The molecule has 1 rings (SSSR count). The van der Waals surface area contributed by atoms with Gasteiger partial charge in [-0.25, -0.2) is 0 Å². The Labute approximate surface area is 108 Å². The Kier molecular flexibility index (Phi) is 10.3. The molecule has 1 unspecified atom stereocenters. The second kappa shape index (κ2) is 9.46. The first-order valence-corrected chi connectivity index (χ1v) is 8.49. The molecule has 0 saturated carbocycles. The van der Waals surface area contributed by atoms with E-state index < -0.39 is 11.5 Å². The Morgan fingerprint density at radius 2 is 1.64 bits per heavy atom. The molecule has 1 aromatic carbocycles. The summed E-state index contributed by atoms with van der Waals surface area (Å²) in [7, 11) is 2.63. The van der Waals surface area contributed by atoms with E-state index >= 15 is 0 Å². The SMILES string of the molecule is ClC(Cl)CP(Cl)Cl.Pc1ccccc1. The molecule has 0 aliphatic rings. The van der Waals surface area contributed by atoms with Crippen molar-refractivity contribution >= 4 is 66.9 Å². The minimum Gasteiger partial charge on any atom is -0.106 e. The predicted octanol–water partition coefficient (Wildman–Crippen LogP) is 4.77. The van der Waals surface area contributed by atoms with Crippen molar-refractivity contribution in [3.63, 3.8) is 0 Å². The number of halogens is 4. The van der Waals surface area contributed by atoms with E-state index in [1.54, 1.807) is 0 Å². The quantitative estimate of drug-likeness (QED) is 0.545. The van der Waals surface area contributed by atoms with E-state index in [-0.39, 0.29) is 0 Å². The number of alkyl halides is 2. The highest BCUT2D eigenvalue weighted by Crippen LogP contribution is 2.48. The van der Waals surface area contributed by atoms with Crippen molar-refractivity contribution in [1.82, 2.24) is 0 Å². The van der Waals surface area contributed by atoms with Crippen LogP contribution in [0.2, 0.25) is 0 Å². The van der Waals surface area contributed by atoms with Gasteiger partial charge in [0.1, 0.15) is 4.84 Å². The Morgan fingerprint density at radius 1 is 1.14 bits per heavy atom. The number of benzene rings is 1. The zero-order chi connectivity index (χ0) is 11.0. The fourth-order valence-corrected chi connectivity index (χ4v) is 3.49. The van der Waals surface area contributed by atoms with Gasteiger partial charge in [0.05, 0.1) is 6.63 Å². The summed E-state index contributed by atoms with van der Waals surface area (Å²) < 4.78 is 0. The molecular weight excluding hydrogens is 300 g/mol. The maximum Gasteiger partial charge on any atom is 0.113 e. The third kappa shape index (κ3) is 11.3. The molecule has 0 fully saturated rings. The average molecular weight is 310 g/mol. The summed E-state index contributed by atoms with van der Waals surface area (Å²) in [5.41, 5.74) is 0. The Morgan fingerprint density at radius 3 is 1.79 bits per heavy atom. The lowest BCUT2D eigenvalue weighted by molar-refractivity contribution is 1.41. The van der Waals surface area contributed by atoms with Crippen molar-refractivity contribution in [3.8, 4) is 0 Å². The molecule has 0 heterocycles. The molecule has 0 spiro atoms. The van der Waals surface area contributed by atoms with Gasteiger partial charge in [-0.15, -0.1) is 32.4 Å². The standard InChI is InChI=1S/C6H7P.C2H3Cl4P/c7-6-4-2-1-3-5-6;3-2(4)1-7(5)6/h1-5H,7H2;2H,1H2. The van der Waals surface area contributed by atoms with Crippen LogP contribution in [0.1, 0.15) is 0 Å². The monoisotopic (exact) mass is 308 g/mol. The van der Waals surface area contributed by atoms with E-state index in [1.807, 2.05) is 30.3 Å². The molecule has 1 aromatic rings. The summed E-state index contributed by atoms with van der Waals surface area (Å²) in [5.74, 6) is 0. The fourth-order valence-electron chi connectivity index (χ4n) is 0.557. The van der Waals surface area contributed by atoms with Crippen molar-refractivity contribution in [2.75, 3.05) is 6.16 Å². The van der Waals surface area contributed by atoms with Crippen LogP contribution in [0.15, 0.2) is 30.3 Å². The normalized spacial score (nSPS) is 9.93. The topological polar surface area (TPSA) is 0 Å². The van der Waals surface area contributed by atoms with E-state index in [9.17, 15) is 0 Å². The number of hydrogen-bond acceptors (Lipinski definition) is 0. The van der Waals surface area contributed by atoms with E-state index in [1.165, 1.54) is 5.30 Å². The second-order valence-corrected chi connectivity index (χ2v) is 8.17. The Bertz CT molecular complexity index is 222. The molecule has 1 atom stereocenters. The highest BCUT2D eigenvalue weighted by Gasteiger charge is 2.04. The third-order valence-electron chi connectivity index (χ3n) is 1.08. The fraction of sp³-hybridized carbons (Fsp3) is 0.250. The molecule has 0 saturated heterocycles. The molecule has 0 aliphatic carbocycles. The summed E-state index contributed by atoms with van der Waals surface area (Å²) in [6, 6.07) is 10.1. The van der Waals surface area contributed by atoms with E-state index in [2.05, 4.69) is 9.24 Å². The number of hydrogen-bond donors (Lipinski definition) is 0. The van der Waals surface area contributed by atoms with Gasteiger partial charge in [0.2, 0.25) is 0 Å². The molecular formula is C8H10Cl4P2. The van der Waals surface area contributed by atoms with Gasteiger partial charge in [-0.05, 0) is 5.30 Å².